The van der Waals surface area contributed by atoms with Crippen LogP contribution in [0.3, 0.4) is 0 Å². The highest BCUT2D eigenvalue weighted by atomic mass is 32.2. The molecule has 3 saturated heterocycles. The highest BCUT2D eigenvalue weighted by Crippen LogP contribution is 2.41. The monoisotopic (exact) mass is 403 g/mol. The number of aryl methyl sites for hydroxylation is 1. The molecule has 1 atom stereocenters. The second kappa shape index (κ2) is 8.74. The molecule has 154 valence electrons. The van der Waals surface area contributed by atoms with Crippen LogP contribution in [0.15, 0.2) is 29.2 Å². The average Bonchev–Trinajstić information content (AvgIpc) is 2.68. The molecular formula is C22H33N3O2S. The molecule has 1 aromatic carbocycles. The number of likely N-dealkylation sites (N-methyl/N-ethyl adjacent to an activating group) is 1. The van der Waals surface area contributed by atoms with E-state index in [1.165, 1.54) is 16.9 Å². The second-order valence-corrected chi connectivity index (χ2v) is 9.76. The maximum Gasteiger partial charge on any atom is 0.232 e. The number of carbonyl (C=O) groups excluding carboxylic acids is 1. The standard InChI is InChI=1S/C22H33N3O2S/c1-18-3-5-20(6-4-18)28-17-21(26)25-9-7-22(8-10-25)15-19(27-22)16-24-13-11-23(2)12-14-24/h3-6,19H,7-17H2,1-2H3/t19-/m1/s1. The van der Waals surface area contributed by atoms with Gasteiger partial charge in [0.1, 0.15) is 0 Å². The van der Waals surface area contributed by atoms with Crippen LogP contribution in [0.1, 0.15) is 24.8 Å². The van der Waals surface area contributed by atoms with E-state index in [0.29, 0.717) is 11.9 Å². The van der Waals surface area contributed by atoms with Crippen LogP contribution >= 0.6 is 11.8 Å². The van der Waals surface area contributed by atoms with Gasteiger partial charge in [-0.1, -0.05) is 17.7 Å². The van der Waals surface area contributed by atoms with Crippen molar-refractivity contribution in [2.45, 2.75) is 42.8 Å². The lowest BCUT2D eigenvalue weighted by Crippen LogP contribution is -2.60. The summed E-state index contributed by atoms with van der Waals surface area (Å²) in [6.07, 6.45) is 3.54. The van der Waals surface area contributed by atoms with Crippen molar-refractivity contribution in [1.82, 2.24) is 14.7 Å². The molecule has 1 spiro atoms. The first kappa shape index (κ1) is 20.2. The van der Waals surface area contributed by atoms with Crippen LogP contribution in [0, 0.1) is 6.92 Å². The molecule has 1 amide bonds. The number of amides is 1. The van der Waals surface area contributed by atoms with Gasteiger partial charge in [-0.05, 0) is 38.9 Å². The van der Waals surface area contributed by atoms with Crippen LogP contribution in [-0.2, 0) is 9.53 Å². The number of carbonyl (C=O) groups is 1. The Balaban J connectivity index is 1.16. The minimum Gasteiger partial charge on any atom is -0.370 e. The summed E-state index contributed by atoms with van der Waals surface area (Å²) in [7, 11) is 2.19. The van der Waals surface area contributed by atoms with E-state index in [9.17, 15) is 4.79 Å². The summed E-state index contributed by atoms with van der Waals surface area (Å²) in [6, 6.07) is 8.40. The number of hydrogen-bond donors (Lipinski definition) is 0. The van der Waals surface area contributed by atoms with Gasteiger partial charge in [-0.15, -0.1) is 11.8 Å². The summed E-state index contributed by atoms with van der Waals surface area (Å²) < 4.78 is 6.37. The van der Waals surface area contributed by atoms with Gasteiger partial charge in [-0.2, -0.15) is 0 Å². The van der Waals surface area contributed by atoms with E-state index >= 15 is 0 Å². The lowest BCUT2D eigenvalue weighted by molar-refractivity contribution is -0.229. The van der Waals surface area contributed by atoms with Crippen molar-refractivity contribution in [3.8, 4) is 0 Å². The molecule has 1 aromatic rings. The number of likely N-dealkylation sites (tertiary alicyclic amines) is 1. The smallest absolute Gasteiger partial charge is 0.232 e. The van der Waals surface area contributed by atoms with Gasteiger partial charge in [0.05, 0.1) is 17.5 Å². The predicted molar refractivity (Wildman–Crippen MR) is 114 cm³/mol. The molecule has 6 heteroatoms. The van der Waals surface area contributed by atoms with Gasteiger partial charge in [0.2, 0.25) is 5.91 Å². The largest absolute Gasteiger partial charge is 0.370 e. The zero-order valence-corrected chi connectivity index (χ0v) is 18.0. The van der Waals surface area contributed by atoms with Gasteiger partial charge in [-0.3, -0.25) is 9.69 Å². The number of benzene rings is 1. The molecular weight excluding hydrogens is 370 g/mol. The van der Waals surface area contributed by atoms with Gasteiger partial charge < -0.3 is 14.5 Å². The fraction of sp³-hybridized carbons (Fsp3) is 0.682. The minimum absolute atomic E-state index is 0.0537. The Hall–Kier alpha value is -1.08. The number of thioether (sulfide) groups is 1. The van der Waals surface area contributed by atoms with Crippen molar-refractivity contribution in [1.29, 1.82) is 0 Å². The molecule has 0 unspecified atom stereocenters. The summed E-state index contributed by atoms with van der Waals surface area (Å²) in [4.78, 5) is 20.7. The topological polar surface area (TPSA) is 36.0 Å². The van der Waals surface area contributed by atoms with E-state index < -0.39 is 0 Å². The number of rotatable bonds is 5. The summed E-state index contributed by atoms with van der Waals surface area (Å²) in [5, 5.41) is 0. The molecule has 0 N–H and O–H groups in total. The zero-order chi connectivity index (χ0) is 19.6. The number of piperidine rings is 1. The normalized spacial score (nSPS) is 25.6. The van der Waals surface area contributed by atoms with Crippen LogP contribution in [0.4, 0.5) is 0 Å². The average molecular weight is 404 g/mol. The van der Waals surface area contributed by atoms with Crippen LogP contribution in [-0.4, -0.2) is 90.9 Å². The Morgan fingerprint density at radius 2 is 1.75 bits per heavy atom. The van der Waals surface area contributed by atoms with Crippen molar-refractivity contribution in [3.63, 3.8) is 0 Å². The molecule has 0 aromatic heterocycles. The lowest BCUT2D eigenvalue weighted by atomic mass is 9.80. The number of hydrogen-bond acceptors (Lipinski definition) is 5. The van der Waals surface area contributed by atoms with E-state index in [-0.39, 0.29) is 11.5 Å². The van der Waals surface area contributed by atoms with Crippen LogP contribution in [0.2, 0.25) is 0 Å². The third-order valence-electron chi connectivity index (χ3n) is 6.48. The van der Waals surface area contributed by atoms with Crippen molar-refractivity contribution in [2.24, 2.45) is 0 Å². The number of piperazine rings is 1. The minimum atomic E-state index is 0.0537. The fourth-order valence-corrected chi connectivity index (χ4v) is 5.34. The summed E-state index contributed by atoms with van der Waals surface area (Å²) in [6.45, 7) is 9.48. The first-order chi connectivity index (χ1) is 13.5. The summed E-state index contributed by atoms with van der Waals surface area (Å²) in [5.74, 6) is 0.789. The predicted octanol–water partition coefficient (Wildman–Crippen LogP) is 2.48. The Bertz CT molecular complexity index is 657. The fourth-order valence-electron chi connectivity index (χ4n) is 4.54. The molecule has 0 bridgehead atoms. The number of nitrogens with zero attached hydrogens (tertiary/aromatic N) is 3. The highest BCUT2D eigenvalue weighted by Gasteiger charge is 2.48. The number of ether oxygens (including phenoxy) is 1. The molecule has 3 aliphatic rings. The van der Waals surface area contributed by atoms with E-state index in [4.69, 9.17) is 4.74 Å². The van der Waals surface area contributed by atoms with Gasteiger partial charge in [0, 0.05) is 57.1 Å². The van der Waals surface area contributed by atoms with Crippen LogP contribution in [0.25, 0.3) is 0 Å². The van der Waals surface area contributed by atoms with Gasteiger partial charge >= 0.3 is 0 Å². The van der Waals surface area contributed by atoms with E-state index in [0.717, 1.165) is 58.7 Å². The second-order valence-electron chi connectivity index (χ2n) is 8.71. The molecule has 0 saturated carbocycles. The van der Waals surface area contributed by atoms with Crippen molar-refractivity contribution >= 4 is 17.7 Å². The summed E-state index contributed by atoms with van der Waals surface area (Å²) >= 11 is 1.64. The maximum atomic E-state index is 12.6. The SMILES string of the molecule is Cc1ccc(SCC(=O)N2CCC3(CC2)C[C@H](CN2CCN(C)CC2)O3)cc1. The van der Waals surface area contributed by atoms with Crippen LogP contribution < -0.4 is 0 Å². The van der Waals surface area contributed by atoms with E-state index in [2.05, 4.69) is 48.0 Å². The highest BCUT2D eigenvalue weighted by molar-refractivity contribution is 8.00. The maximum absolute atomic E-state index is 12.6. The lowest BCUT2D eigenvalue weighted by Gasteiger charge is -2.53. The Morgan fingerprint density at radius 3 is 2.39 bits per heavy atom. The first-order valence-electron chi connectivity index (χ1n) is 10.6. The van der Waals surface area contributed by atoms with E-state index in [1.54, 1.807) is 11.8 Å². The molecule has 0 radical (unpaired) electrons. The van der Waals surface area contributed by atoms with Gasteiger partial charge in [0.25, 0.3) is 0 Å². The Morgan fingerprint density at radius 1 is 1.11 bits per heavy atom. The van der Waals surface area contributed by atoms with Crippen molar-refractivity contribution in [3.05, 3.63) is 29.8 Å². The molecule has 0 aliphatic carbocycles. The quantitative estimate of drug-likeness (QED) is 0.706. The van der Waals surface area contributed by atoms with Crippen LogP contribution in [0.5, 0.6) is 0 Å². The molecule has 28 heavy (non-hydrogen) atoms. The summed E-state index contributed by atoms with van der Waals surface area (Å²) in [5.41, 5.74) is 1.31. The third kappa shape index (κ3) is 4.90. The zero-order valence-electron chi connectivity index (χ0n) is 17.2. The van der Waals surface area contributed by atoms with E-state index in [1.807, 2.05) is 4.90 Å². The van der Waals surface area contributed by atoms with Gasteiger partial charge in [-0.25, -0.2) is 0 Å². The molecule has 5 nitrogen and oxygen atoms in total. The first-order valence-corrected chi connectivity index (χ1v) is 11.6. The Kier molecular flexibility index (Phi) is 6.30. The Labute approximate surface area is 173 Å². The van der Waals surface area contributed by atoms with Crippen molar-refractivity contribution < 1.29 is 9.53 Å². The van der Waals surface area contributed by atoms with Crippen molar-refractivity contribution in [2.75, 3.05) is 58.6 Å². The van der Waals surface area contributed by atoms with Gasteiger partial charge in [0.15, 0.2) is 0 Å². The molecule has 4 rings (SSSR count). The molecule has 3 aliphatic heterocycles. The molecule has 3 fully saturated rings. The molecule has 3 heterocycles. The third-order valence-corrected chi connectivity index (χ3v) is 7.48.